The first-order valence-electron chi connectivity index (χ1n) is 9.62. The van der Waals surface area contributed by atoms with Gasteiger partial charge in [-0.2, -0.15) is 0 Å². The van der Waals surface area contributed by atoms with E-state index < -0.39 is 23.2 Å². The highest BCUT2D eigenvalue weighted by atomic mass is 16.3. The molecule has 0 saturated heterocycles. The molecule has 9 atom stereocenters. The Hall–Kier alpha value is -0.860. The zero-order valence-corrected chi connectivity index (χ0v) is 15.2. The van der Waals surface area contributed by atoms with Crippen LogP contribution >= 0.6 is 0 Å². The summed E-state index contributed by atoms with van der Waals surface area (Å²) in [5.74, 6) is 2.51. The van der Waals surface area contributed by atoms with Gasteiger partial charge in [0, 0.05) is 11.8 Å². The third-order valence-corrected chi connectivity index (χ3v) is 8.46. The second kappa shape index (κ2) is 5.33. The van der Waals surface area contributed by atoms with Crippen molar-refractivity contribution in [3.05, 3.63) is 11.6 Å². The summed E-state index contributed by atoms with van der Waals surface area (Å²) in [6.07, 6.45) is 10.1. The van der Waals surface area contributed by atoms with Gasteiger partial charge in [0.05, 0.1) is 18.3 Å². The van der Waals surface area contributed by atoms with Gasteiger partial charge in [-0.3, -0.25) is 0 Å². The van der Waals surface area contributed by atoms with E-state index in [0.717, 1.165) is 25.7 Å². The molecule has 0 aliphatic heterocycles. The Labute approximate surface area is 150 Å². The fourth-order valence-corrected chi connectivity index (χ4v) is 6.95. The van der Waals surface area contributed by atoms with E-state index in [1.807, 2.05) is 13.0 Å². The second-order valence-electron chi connectivity index (χ2n) is 9.44. The lowest BCUT2D eigenvalue weighted by atomic mass is 9.46. The third-order valence-electron chi connectivity index (χ3n) is 8.46. The summed E-state index contributed by atoms with van der Waals surface area (Å²) in [7, 11) is 0. The molecule has 0 bridgehead atoms. The van der Waals surface area contributed by atoms with Crippen LogP contribution in [0.3, 0.4) is 0 Å². The molecule has 0 aromatic carbocycles. The molecule has 4 aliphatic rings. The predicted molar refractivity (Wildman–Crippen MR) is 94.3 cm³/mol. The van der Waals surface area contributed by atoms with Crippen LogP contribution in [0.2, 0.25) is 0 Å². The molecule has 0 spiro atoms. The van der Waals surface area contributed by atoms with Crippen LogP contribution < -0.4 is 0 Å². The lowest BCUT2D eigenvalue weighted by Gasteiger charge is -2.59. The molecule has 4 aliphatic carbocycles. The number of hydrogen-bond acceptors (Lipinski definition) is 4. The van der Waals surface area contributed by atoms with E-state index in [2.05, 4.69) is 12.8 Å². The molecule has 4 heteroatoms. The smallest absolute Gasteiger partial charge is 0.133 e. The Balaban J connectivity index is 1.78. The van der Waals surface area contributed by atoms with Gasteiger partial charge in [-0.25, -0.2) is 0 Å². The van der Waals surface area contributed by atoms with Gasteiger partial charge in [-0.15, -0.1) is 6.42 Å². The van der Waals surface area contributed by atoms with E-state index in [0.29, 0.717) is 6.42 Å². The number of terminal acetylenes is 1. The van der Waals surface area contributed by atoms with Crippen molar-refractivity contribution < 1.29 is 20.4 Å². The Morgan fingerprint density at radius 2 is 1.88 bits per heavy atom. The predicted octanol–water partition coefficient (Wildman–Crippen LogP) is 1.62. The van der Waals surface area contributed by atoms with Gasteiger partial charge in [0.1, 0.15) is 5.60 Å². The Morgan fingerprint density at radius 3 is 2.56 bits per heavy atom. The lowest BCUT2D eigenvalue weighted by Crippen LogP contribution is -2.58. The minimum atomic E-state index is -1.31. The summed E-state index contributed by atoms with van der Waals surface area (Å²) in [6.45, 7) is 4.24. The average Bonchev–Trinajstić information content (AvgIpc) is 2.76. The van der Waals surface area contributed by atoms with Crippen molar-refractivity contribution in [3.63, 3.8) is 0 Å². The van der Waals surface area contributed by atoms with E-state index in [1.54, 1.807) is 0 Å². The summed E-state index contributed by atoms with van der Waals surface area (Å²) in [5.41, 5.74) is -0.751. The molecule has 3 fully saturated rings. The van der Waals surface area contributed by atoms with Gasteiger partial charge < -0.3 is 20.4 Å². The molecule has 4 nitrogen and oxygen atoms in total. The quantitative estimate of drug-likeness (QED) is 0.397. The first kappa shape index (κ1) is 17.5. The third kappa shape index (κ3) is 2.10. The van der Waals surface area contributed by atoms with Crippen LogP contribution in [-0.2, 0) is 0 Å². The largest absolute Gasteiger partial charge is 0.393 e. The van der Waals surface area contributed by atoms with Crippen LogP contribution in [0, 0.1) is 40.9 Å². The standard InChI is InChI=1S/C21H30O4/c1-4-21(25)11-16(24)18-17-14(6-8-20(18,21)3)19(2)7-5-13(22)9-12(19)10-15(17)23/h1,10,13-18,22-25H,5-9,11H2,2-3H3/t13-,14?,15+,16+,17?,18?,19-,20-,21-/m0/s1. The van der Waals surface area contributed by atoms with Gasteiger partial charge in [0.15, 0.2) is 0 Å². The van der Waals surface area contributed by atoms with Gasteiger partial charge >= 0.3 is 0 Å². The minimum Gasteiger partial charge on any atom is -0.393 e. The van der Waals surface area contributed by atoms with Crippen LogP contribution in [0.4, 0.5) is 0 Å². The molecule has 0 aromatic rings. The van der Waals surface area contributed by atoms with Gasteiger partial charge in [0.25, 0.3) is 0 Å². The van der Waals surface area contributed by atoms with Crippen molar-refractivity contribution in [1.29, 1.82) is 0 Å². The highest BCUT2D eigenvalue weighted by Crippen LogP contribution is 2.66. The summed E-state index contributed by atoms with van der Waals surface area (Å²) < 4.78 is 0. The molecule has 3 unspecified atom stereocenters. The monoisotopic (exact) mass is 346 g/mol. The maximum absolute atomic E-state index is 11.0. The van der Waals surface area contributed by atoms with E-state index in [9.17, 15) is 20.4 Å². The van der Waals surface area contributed by atoms with Crippen molar-refractivity contribution >= 4 is 0 Å². The first-order valence-corrected chi connectivity index (χ1v) is 9.62. The van der Waals surface area contributed by atoms with Gasteiger partial charge in [0.2, 0.25) is 0 Å². The van der Waals surface area contributed by atoms with Crippen molar-refractivity contribution in [2.75, 3.05) is 0 Å². The summed E-state index contributed by atoms with van der Waals surface area (Å²) in [6, 6.07) is 0. The van der Waals surface area contributed by atoms with Crippen molar-refractivity contribution in [3.8, 4) is 12.3 Å². The van der Waals surface area contributed by atoms with E-state index >= 15 is 0 Å². The molecular weight excluding hydrogens is 316 g/mol. The fraction of sp³-hybridized carbons (Fsp3) is 0.810. The maximum atomic E-state index is 11.0. The van der Waals surface area contributed by atoms with Gasteiger partial charge in [-0.1, -0.05) is 31.4 Å². The number of fused-ring (bicyclic) bond motifs is 5. The van der Waals surface area contributed by atoms with E-state index in [-0.39, 0.29) is 35.7 Å². The highest BCUT2D eigenvalue weighted by Gasteiger charge is 2.67. The van der Waals surface area contributed by atoms with Crippen molar-refractivity contribution in [2.45, 2.75) is 76.3 Å². The molecule has 4 N–H and O–H groups in total. The van der Waals surface area contributed by atoms with Gasteiger partial charge in [-0.05, 0) is 55.3 Å². The summed E-state index contributed by atoms with van der Waals surface area (Å²) in [5, 5.41) is 42.8. The molecule has 4 rings (SSSR count). The van der Waals surface area contributed by atoms with Crippen LogP contribution in [-0.4, -0.2) is 44.3 Å². The SMILES string of the molecule is C#C[C@]1(O)C[C@@H](O)C2C3C(CC[C@@]21C)[C@@]1(C)CC[C@H](O)CC1=C[C@H]3O. The maximum Gasteiger partial charge on any atom is 0.133 e. The Morgan fingerprint density at radius 1 is 1.16 bits per heavy atom. The topological polar surface area (TPSA) is 80.9 Å². The molecule has 3 saturated carbocycles. The summed E-state index contributed by atoms with van der Waals surface area (Å²) in [4.78, 5) is 0. The molecule has 25 heavy (non-hydrogen) atoms. The van der Waals surface area contributed by atoms with Crippen molar-refractivity contribution in [1.82, 2.24) is 0 Å². The molecule has 138 valence electrons. The number of hydrogen-bond donors (Lipinski definition) is 4. The second-order valence-corrected chi connectivity index (χ2v) is 9.44. The van der Waals surface area contributed by atoms with Crippen LogP contribution in [0.5, 0.6) is 0 Å². The Kier molecular flexibility index (Phi) is 3.74. The average molecular weight is 346 g/mol. The molecule has 0 heterocycles. The minimum absolute atomic E-state index is 0.0406. The van der Waals surface area contributed by atoms with E-state index in [1.165, 1.54) is 5.57 Å². The van der Waals surface area contributed by atoms with E-state index in [4.69, 9.17) is 6.42 Å². The summed E-state index contributed by atoms with van der Waals surface area (Å²) >= 11 is 0. The van der Waals surface area contributed by atoms with Crippen molar-refractivity contribution in [2.24, 2.45) is 28.6 Å². The lowest BCUT2D eigenvalue weighted by molar-refractivity contribution is -0.136. The first-order chi connectivity index (χ1) is 11.7. The normalized spacial score (nSPS) is 57.7. The Bertz CT molecular complexity index is 651. The zero-order chi connectivity index (χ0) is 18.2. The molecule has 0 amide bonds. The molecular formula is C21H30O4. The van der Waals surface area contributed by atoms with Crippen LogP contribution in [0.15, 0.2) is 11.6 Å². The number of aliphatic hydroxyl groups is 4. The fourth-order valence-electron chi connectivity index (χ4n) is 6.95. The van der Waals surface area contributed by atoms with Crippen LogP contribution in [0.1, 0.15) is 52.4 Å². The zero-order valence-electron chi connectivity index (χ0n) is 15.2. The van der Waals surface area contributed by atoms with Crippen LogP contribution in [0.25, 0.3) is 0 Å². The number of aliphatic hydroxyl groups excluding tert-OH is 3. The highest BCUT2D eigenvalue weighted by molar-refractivity contribution is 5.31. The molecule has 0 aromatic heterocycles. The molecule has 0 radical (unpaired) electrons. The number of rotatable bonds is 0.